The smallest absolute Gasteiger partial charge is 0.265 e. The molecule has 0 radical (unpaired) electrons. The minimum absolute atomic E-state index is 0.177. The van der Waals surface area contributed by atoms with E-state index in [4.69, 9.17) is 9.47 Å². The number of rotatable bonds is 11. The quantitative estimate of drug-likeness (QED) is 0.184. The minimum Gasteiger partial charge on any atom is -0.490 e. The van der Waals surface area contributed by atoms with Gasteiger partial charge in [0.05, 0.1) is 30.4 Å². The van der Waals surface area contributed by atoms with Crippen LogP contribution in [0.2, 0.25) is 0 Å². The Bertz CT molecular complexity index is 1620. The van der Waals surface area contributed by atoms with Gasteiger partial charge in [0.1, 0.15) is 5.82 Å². The van der Waals surface area contributed by atoms with Gasteiger partial charge in [0, 0.05) is 17.0 Å². The fraction of sp³-hybridized carbons (Fsp3) is 0.200. The summed E-state index contributed by atoms with van der Waals surface area (Å²) in [4.78, 5) is 30.0. The molecule has 1 N–H and O–H groups in total. The molecule has 0 spiro atoms. The molecule has 6 nitrogen and oxygen atoms in total. The largest absolute Gasteiger partial charge is 0.490 e. The normalized spacial score (nSPS) is 13.5. The molecule has 4 aromatic carbocycles. The summed E-state index contributed by atoms with van der Waals surface area (Å²) < 4.78 is 25.0. The first-order chi connectivity index (χ1) is 20.9. The van der Waals surface area contributed by atoms with E-state index in [1.54, 1.807) is 29.2 Å². The number of ether oxygens (including phenoxy) is 2. The van der Waals surface area contributed by atoms with Gasteiger partial charge >= 0.3 is 0 Å². The van der Waals surface area contributed by atoms with Gasteiger partial charge in [0.25, 0.3) is 11.8 Å². The van der Waals surface area contributed by atoms with E-state index >= 15 is 0 Å². The van der Waals surface area contributed by atoms with E-state index in [2.05, 4.69) is 5.32 Å². The summed E-state index contributed by atoms with van der Waals surface area (Å²) in [6, 6.07) is 27.0. The Balaban J connectivity index is 1.35. The molecule has 0 aliphatic carbocycles. The van der Waals surface area contributed by atoms with E-state index in [0.29, 0.717) is 53.8 Å². The van der Waals surface area contributed by atoms with Crippen LogP contribution in [0.1, 0.15) is 40.9 Å². The van der Waals surface area contributed by atoms with Crippen molar-refractivity contribution in [3.8, 4) is 11.5 Å². The standard InChI is InChI=1S/C35H33FN2O4S/c1-3-41-30-16-12-25(20-31(30)42-4-2)18-19-37-34(39)27-13-17-32-29(22-27)38(23-26-10-14-28(36)15-11-26)35(40)33(43-32)21-24-8-6-5-7-9-24/h5-17,20-22H,3-4,18-19,23H2,1-2H3,(H,37,39). The van der Waals surface area contributed by atoms with Crippen LogP contribution in [0.15, 0.2) is 101 Å². The number of carbonyl (C=O) groups excluding carboxylic acids is 2. The van der Waals surface area contributed by atoms with Crippen molar-refractivity contribution in [3.63, 3.8) is 0 Å². The van der Waals surface area contributed by atoms with Crippen LogP contribution in [0.3, 0.4) is 0 Å². The lowest BCUT2D eigenvalue weighted by molar-refractivity contribution is -0.114. The van der Waals surface area contributed by atoms with E-state index in [9.17, 15) is 14.0 Å². The minimum atomic E-state index is -0.340. The molecular formula is C35H33FN2O4S. The second kappa shape index (κ2) is 14.1. The molecule has 1 aliphatic rings. The van der Waals surface area contributed by atoms with Crippen molar-refractivity contribution in [2.75, 3.05) is 24.7 Å². The number of carbonyl (C=O) groups is 2. The van der Waals surface area contributed by atoms with E-state index in [0.717, 1.165) is 21.6 Å². The van der Waals surface area contributed by atoms with Crippen LogP contribution < -0.4 is 19.7 Å². The fourth-order valence-electron chi connectivity index (χ4n) is 4.76. The summed E-state index contributed by atoms with van der Waals surface area (Å²) in [7, 11) is 0. The summed E-state index contributed by atoms with van der Waals surface area (Å²) >= 11 is 1.38. The van der Waals surface area contributed by atoms with Crippen molar-refractivity contribution in [2.24, 2.45) is 0 Å². The molecule has 8 heteroatoms. The number of anilines is 1. The highest BCUT2D eigenvalue weighted by atomic mass is 32.2. The van der Waals surface area contributed by atoms with Crippen LogP contribution in [0.5, 0.6) is 11.5 Å². The van der Waals surface area contributed by atoms with Gasteiger partial charge in [-0.25, -0.2) is 4.39 Å². The molecule has 0 unspecified atom stereocenters. The van der Waals surface area contributed by atoms with Gasteiger partial charge in [-0.15, -0.1) is 0 Å². The highest BCUT2D eigenvalue weighted by Crippen LogP contribution is 2.43. The Labute approximate surface area is 255 Å². The Morgan fingerprint density at radius 2 is 1.60 bits per heavy atom. The van der Waals surface area contributed by atoms with Crippen molar-refractivity contribution in [3.05, 3.63) is 124 Å². The first kappa shape index (κ1) is 29.9. The fourth-order valence-corrected chi connectivity index (χ4v) is 5.79. The maximum atomic E-state index is 13.8. The van der Waals surface area contributed by atoms with Crippen LogP contribution in [0.4, 0.5) is 10.1 Å². The predicted octanol–water partition coefficient (Wildman–Crippen LogP) is 7.28. The number of nitrogens with one attached hydrogen (secondary N) is 1. The average molecular weight is 597 g/mol. The molecule has 0 aromatic heterocycles. The Hall–Kier alpha value is -4.56. The van der Waals surface area contributed by atoms with Crippen molar-refractivity contribution in [2.45, 2.75) is 31.7 Å². The Morgan fingerprint density at radius 3 is 2.35 bits per heavy atom. The topological polar surface area (TPSA) is 67.9 Å². The molecule has 1 heterocycles. The molecule has 43 heavy (non-hydrogen) atoms. The van der Waals surface area contributed by atoms with Crippen molar-refractivity contribution >= 4 is 35.3 Å². The molecule has 5 rings (SSSR count). The highest BCUT2D eigenvalue weighted by molar-refractivity contribution is 8.04. The zero-order valence-corrected chi connectivity index (χ0v) is 25.0. The van der Waals surface area contributed by atoms with Gasteiger partial charge in [0.15, 0.2) is 11.5 Å². The second-order valence-electron chi connectivity index (χ2n) is 9.87. The molecule has 0 atom stereocenters. The molecule has 220 valence electrons. The predicted molar refractivity (Wildman–Crippen MR) is 169 cm³/mol. The zero-order chi connectivity index (χ0) is 30.2. The monoisotopic (exact) mass is 596 g/mol. The van der Waals surface area contributed by atoms with Crippen LogP contribution >= 0.6 is 11.8 Å². The summed E-state index contributed by atoms with van der Waals surface area (Å²) in [5.74, 6) is 0.637. The number of halogens is 1. The van der Waals surface area contributed by atoms with Crippen LogP contribution in [-0.4, -0.2) is 31.6 Å². The molecule has 0 bridgehead atoms. The number of thioether (sulfide) groups is 1. The van der Waals surface area contributed by atoms with Crippen molar-refractivity contribution < 1.29 is 23.5 Å². The molecule has 2 amide bonds. The number of benzene rings is 4. The highest BCUT2D eigenvalue weighted by Gasteiger charge is 2.30. The molecule has 0 saturated heterocycles. The zero-order valence-electron chi connectivity index (χ0n) is 24.1. The third-order valence-electron chi connectivity index (χ3n) is 6.85. The van der Waals surface area contributed by atoms with Gasteiger partial charge in [-0.2, -0.15) is 0 Å². The lowest BCUT2D eigenvalue weighted by Crippen LogP contribution is -2.34. The van der Waals surface area contributed by atoms with Crippen molar-refractivity contribution in [1.82, 2.24) is 5.32 Å². The summed E-state index contributed by atoms with van der Waals surface area (Å²) in [6.45, 7) is 5.59. The van der Waals surface area contributed by atoms with Gasteiger partial charge in [-0.3, -0.25) is 9.59 Å². The van der Waals surface area contributed by atoms with E-state index < -0.39 is 0 Å². The van der Waals surface area contributed by atoms with Gasteiger partial charge in [-0.1, -0.05) is 60.3 Å². The first-order valence-electron chi connectivity index (χ1n) is 14.3. The van der Waals surface area contributed by atoms with Crippen LogP contribution in [-0.2, 0) is 17.8 Å². The number of fused-ring (bicyclic) bond motifs is 1. The second-order valence-corrected chi connectivity index (χ2v) is 11.0. The summed E-state index contributed by atoms with van der Waals surface area (Å²) in [6.07, 6.45) is 2.48. The van der Waals surface area contributed by atoms with Gasteiger partial charge in [-0.05, 0) is 85.5 Å². The average Bonchev–Trinajstić information content (AvgIpc) is 3.02. The number of hydrogen-bond acceptors (Lipinski definition) is 5. The lowest BCUT2D eigenvalue weighted by atomic mass is 10.1. The molecule has 1 aliphatic heterocycles. The van der Waals surface area contributed by atoms with Crippen LogP contribution in [0, 0.1) is 5.82 Å². The first-order valence-corrected chi connectivity index (χ1v) is 15.1. The lowest BCUT2D eigenvalue weighted by Gasteiger charge is -2.31. The summed E-state index contributed by atoms with van der Waals surface area (Å²) in [5.41, 5.74) is 3.81. The Morgan fingerprint density at radius 1 is 0.884 bits per heavy atom. The SMILES string of the molecule is CCOc1ccc(CCNC(=O)c2ccc3c(c2)N(Cc2ccc(F)cc2)C(=O)C(=Cc2ccccc2)S3)cc1OCC. The van der Waals surface area contributed by atoms with Crippen LogP contribution in [0.25, 0.3) is 6.08 Å². The van der Waals surface area contributed by atoms with E-state index in [-0.39, 0.29) is 24.2 Å². The maximum Gasteiger partial charge on any atom is 0.265 e. The third-order valence-corrected chi connectivity index (χ3v) is 7.92. The van der Waals surface area contributed by atoms with E-state index in [1.807, 2.05) is 74.5 Å². The molecule has 0 saturated carbocycles. The number of amides is 2. The van der Waals surface area contributed by atoms with E-state index in [1.165, 1.54) is 23.9 Å². The molecule has 4 aromatic rings. The van der Waals surface area contributed by atoms with Crippen molar-refractivity contribution in [1.29, 1.82) is 0 Å². The maximum absolute atomic E-state index is 13.8. The van der Waals surface area contributed by atoms with Gasteiger partial charge in [0.2, 0.25) is 0 Å². The third kappa shape index (κ3) is 7.45. The summed E-state index contributed by atoms with van der Waals surface area (Å²) in [5, 5.41) is 2.99. The van der Waals surface area contributed by atoms with Gasteiger partial charge < -0.3 is 19.7 Å². The number of nitrogens with zero attached hydrogens (tertiary/aromatic N) is 1. The number of hydrogen-bond donors (Lipinski definition) is 1. The molecular weight excluding hydrogens is 563 g/mol. The molecule has 0 fully saturated rings. The Kier molecular flexibility index (Phi) is 9.79.